The molecule has 0 bridgehead atoms. The van der Waals surface area contributed by atoms with Gasteiger partial charge in [-0.1, -0.05) is 0 Å². The first-order valence-corrected chi connectivity index (χ1v) is 7.97. The van der Waals surface area contributed by atoms with Crippen LogP contribution in [0.15, 0.2) is 4.90 Å². The van der Waals surface area contributed by atoms with Crippen molar-refractivity contribution in [2.24, 2.45) is 0 Å². The number of thioether (sulfide) groups is 1. The molecule has 1 heterocycles. The standard InChI is InChI=1S/C10H19N3O2S2/c1-7-9(8(2)13-12-7)17(14,15)11-6-10(3,4)16-5/h11H,6H2,1-5H3,(H,12,13). The van der Waals surface area contributed by atoms with E-state index in [4.69, 9.17) is 0 Å². The van der Waals surface area contributed by atoms with Gasteiger partial charge >= 0.3 is 0 Å². The van der Waals surface area contributed by atoms with E-state index in [9.17, 15) is 8.42 Å². The van der Waals surface area contributed by atoms with Gasteiger partial charge in [0.1, 0.15) is 4.90 Å². The van der Waals surface area contributed by atoms with Gasteiger partial charge in [-0.2, -0.15) is 16.9 Å². The Morgan fingerprint density at radius 3 is 2.41 bits per heavy atom. The highest BCUT2D eigenvalue weighted by atomic mass is 32.2. The number of H-pyrrole nitrogens is 1. The van der Waals surface area contributed by atoms with Crippen LogP contribution in [0, 0.1) is 13.8 Å². The number of hydrogen-bond donors (Lipinski definition) is 2. The lowest BCUT2D eigenvalue weighted by Crippen LogP contribution is -2.36. The van der Waals surface area contributed by atoms with Gasteiger partial charge in [-0.3, -0.25) is 5.10 Å². The van der Waals surface area contributed by atoms with Crippen molar-refractivity contribution in [1.82, 2.24) is 14.9 Å². The summed E-state index contributed by atoms with van der Waals surface area (Å²) in [5.74, 6) is 0. The zero-order valence-corrected chi connectivity index (χ0v) is 12.4. The molecule has 0 fully saturated rings. The fraction of sp³-hybridized carbons (Fsp3) is 0.700. The minimum absolute atomic E-state index is 0.126. The predicted molar refractivity (Wildman–Crippen MR) is 70.8 cm³/mol. The monoisotopic (exact) mass is 277 g/mol. The third-order valence-electron chi connectivity index (χ3n) is 2.57. The minimum atomic E-state index is -3.48. The lowest BCUT2D eigenvalue weighted by molar-refractivity contribution is 0.569. The third kappa shape index (κ3) is 3.46. The maximum absolute atomic E-state index is 12.1. The highest BCUT2D eigenvalue weighted by molar-refractivity contribution is 8.00. The predicted octanol–water partition coefficient (Wildman–Crippen LogP) is 1.45. The third-order valence-corrected chi connectivity index (χ3v) is 5.48. The first kappa shape index (κ1) is 14.5. The highest BCUT2D eigenvalue weighted by Gasteiger charge is 2.25. The minimum Gasteiger partial charge on any atom is -0.281 e. The van der Waals surface area contributed by atoms with E-state index < -0.39 is 10.0 Å². The fourth-order valence-electron chi connectivity index (χ4n) is 1.35. The Bertz CT molecular complexity index is 472. The Hall–Kier alpha value is -0.530. The average molecular weight is 277 g/mol. The molecule has 0 aliphatic rings. The van der Waals surface area contributed by atoms with E-state index >= 15 is 0 Å². The van der Waals surface area contributed by atoms with Crippen molar-refractivity contribution in [2.75, 3.05) is 12.8 Å². The van der Waals surface area contributed by atoms with Gasteiger partial charge in [-0.15, -0.1) is 0 Å². The molecule has 0 unspecified atom stereocenters. The summed E-state index contributed by atoms with van der Waals surface area (Å²) in [5, 5.41) is 6.58. The maximum Gasteiger partial charge on any atom is 0.244 e. The first-order valence-electron chi connectivity index (χ1n) is 5.26. The molecule has 0 atom stereocenters. The summed E-state index contributed by atoms with van der Waals surface area (Å²) in [4.78, 5) is 0.259. The van der Waals surface area contributed by atoms with Gasteiger partial charge in [0.15, 0.2) is 0 Å². The van der Waals surface area contributed by atoms with Crippen LogP contribution in [0.4, 0.5) is 0 Å². The van der Waals surface area contributed by atoms with Crippen LogP contribution >= 0.6 is 11.8 Å². The second-order valence-corrected chi connectivity index (χ2v) is 7.77. The van der Waals surface area contributed by atoms with Crippen molar-refractivity contribution in [3.8, 4) is 0 Å². The quantitative estimate of drug-likeness (QED) is 0.854. The lowest BCUT2D eigenvalue weighted by Gasteiger charge is -2.22. The molecule has 98 valence electrons. The molecule has 0 saturated heterocycles. The number of hydrogen-bond acceptors (Lipinski definition) is 4. The van der Waals surface area contributed by atoms with Crippen LogP contribution in [-0.2, 0) is 10.0 Å². The SMILES string of the molecule is CSC(C)(C)CNS(=O)(=O)c1c(C)n[nH]c1C. The molecule has 0 aromatic carbocycles. The van der Waals surface area contributed by atoms with Crippen molar-refractivity contribution in [3.63, 3.8) is 0 Å². The Morgan fingerprint density at radius 1 is 1.41 bits per heavy atom. The van der Waals surface area contributed by atoms with Crippen molar-refractivity contribution in [1.29, 1.82) is 0 Å². The van der Waals surface area contributed by atoms with Crippen LogP contribution in [0.1, 0.15) is 25.2 Å². The van der Waals surface area contributed by atoms with Gasteiger partial charge in [-0.25, -0.2) is 13.1 Å². The van der Waals surface area contributed by atoms with Crippen molar-refractivity contribution in [2.45, 2.75) is 37.3 Å². The van der Waals surface area contributed by atoms with E-state index in [1.54, 1.807) is 25.6 Å². The number of sulfonamides is 1. The topological polar surface area (TPSA) is 74.8 Å². The molecule has 5 nitrogen and oxygen atoms in total. The number of nitrogens with one attached hydrogen (secondary N) is 2. The van der Waals surface area contributed by atoms with Gasteiger partial charge in [0.2, 0.25) is 10.0 Å². The summed E-state index contributed by atoms with van der Waals surface area (Å²) in [6.45, 7) is 7.76. The van der Waals surface area contributed by atoms with Crippen LogP contribution in [0.2, 0.25) is 0 Å². The summed E-state index contributed by atoms with van der Waals surface area (Å²) in [6, 6.07) is 0. The average Bonchev–Trinajstić information content (AvgIpc) is 2.57. The molecule has 0 aliphatic carbocycles. The van der Waals surface area contributed by atoms with Crippen LogP contribution in [0.25, 0.3) is 0 Å². The van der Waals surface area contributed by atoms with Gasteiger partial charge in [0, 0.05) is 11.3 Å². The highest BCUT2D eigenvalue weighted by Crippen LogP contribution is 2.22. The molecule has 7 heteroatoms. The lowest BCUT2D eigenvalue weighted by atomic mass is 10.2. The molecule has 0 radical (unpaired) electrons. The molecule has 0 spiro atoms. The molecule has 1 rings (SSSR count). The zero-order chi connectivity index (χ0) is 13.3. The van der Waals surface area contributed by atoms with Gasteiger partial charge in [0.05, 0.1) is 11.4 Å². The van der Waals surface area contributed by atoms with Crippen LogP contribution in [-0.4, -0.2) is 36.2 Å². The van der Waals surface area contributed by atoms with Gasteiger partial charge in [-0.05, 0) is 34.0 Å². The van der Waals surface area contributed by atoms with E-state index in [0.717, 1.165) is 0 Å². The van der Waals surface area contributed by atoms with Crippen LogP contribution in [0.5, 0.6) is 0 Å². The number of aromatic amines is 1. The largest absolute Gasteiger partial charge is 0.281 e. The Labute approximate surface area is 107 Å². The van der Waals surface area contributed by atoms with E-state index in [-0.39, 0.29) is 9.64 Å². The zero-order valence-electron chi connectivity index (χ0n) is 10.8. The second-order valence-electron chi connectivity index (χ2n) is 4.55. The summed E-state index contributed by atoms with van der Waals surface area (Å²) in [6.07, 6.45) is 1.96. The number of rotatable bonds is 5. The van der Waals surface area contributed by atoms with E-state index in [2.05, 4.69) is 14.9 Å². The second kappa shape index (κ2) is 4.99. The normalized spacial score (nSPS) is 13.0. The molecule has 2 N–H and O–H groups in total. The molecule has 0 amide bonds. The van der Waals surface area contributed by atoms with Gasteiger partial charge in [0.25, 0.3) is 0 Å². The summed E-state index contributed by atoms with van der Waals surface area (Å²) < 4.78 is 26.7. The molecular weight excluding hydrogens is 258 g/mol. The Kier molecular flexibility index (Phi) is 4.27. The fourth-order valence-corrected chi connectivity index (χ4v) is 3.24. The smallest absolute Gasteiger partial charge is 0.244 e. The molecule has 0 saturated carbocycles. The van der Waals surface area contributed by atoms with Gasteiger partial charge < -0.3 is 0 Å². The summed E-state index contributed by atoms with van der Waals surface area (Å²) in [7, 11) is -3.48. The number of aromatic nitrogens is 2. The van der Waals surface area contributed by atoms with Crippen molar-refractivity contribution >= 4 is 21.8 Å². The summed E-state index contributed by atoms with van der Waals surface area (Å²) in [5.41, 5.74) is 1.06. The molecule has 0 aliphatic heterocycles. The maximum atomic E-state index is 12.1. The number of nitrogens with zero attached hydrogens (tertiary/aromatic N) is 1. The Balaban J connectivity index is 2.91. The molecular formula is C10H19N3O2S2. The summed E-state index contributed by atoms with van der Waals surface area (Å²) >= 11 is 1.62. The van der Waals surface area contributed by atoms with Crippen molar-refractivity contribution < 1.29 is 8.42 Å². The van der Waals surface area contributed by atoms with E-state index in [1.165, 1.54) is 0 Å². The molecule has 1 aromatic rings. The Morgan fingerprint density at radius 2 is 2.00 bits per heavy atom. The van der Waals surface area contributed by atoms with Crippen LogP contribution in [0.3, 0.4) is 0 Å². The first-order chi connectivity index (χ1) is 7.69. The molecule has 17 heavy (non-hydrogen) atoms. The van der Waals surface area contributed by atoms with E-state index in [1.807, 2.05) is 20.1 Å². The van der Waals surface area contributed by atoms with Crippen molar-refractivity contribution in [3.05, 3.63) is 11.4 Å². The molecule has 1 aromatic heterocycles. The van der Waals surface area contributed by atoms with Crippen LogP contribution < -0.4 is 4.72 Å². The van der Waals surface area contributed by atoms with E-state index in [0.29, 0.717) is 17.9 Å². The number of aryl methyl sites for hydroxylation is 2.